The van der Waals surface area contributed by atoms with E-state index in [1.165, 1.54) is 17.1 Å². The average molecular weight is 165 g/mol. The minimum Gasteiger partial charge on any atom is -0.193 e. The number of nitrogens with zero attached hydrogens (tertiary/aromatic N) is 1. The summed E-state index contributed by atoms with van der Waals surface area (Å²) in [6, 6.07) is 2.03. The molecule has 0 saturated heterocycles. The van der Waals surface area contributed by atoms with E-state index in [2.05, 4.69) is 16.5 Å². The molecular weight excluding hydrogens is 154 g/mol. The molecule has 0 spiro atoms. The van der Waals surface area contributed by atoms with Crippen LogP contribution in [0, 0.1) is 0 Å². The minimum absolute atomic E-state index is 1.07. The maximum absolute atomic E-state index is 4.23. The van der Waals surface area contributed by atoms with Gasteiger partial charge in [0, 0.05) is 5.38 Å². The van der Waals surface area contributed by atoms with E-state index in [9.17, 15) is 0 Å². The number of aromatic nitrogens is 1. The summed E-state index contributed by atoms with van der Waals surface area (Å²) in [7, 11) is 0. The van der Waals surface area contributed by atoms with E-state index < -0.39 is 0 Å². The summed E-state index contributed by atoms with van der Waals surface area (Å²) in [4.78, 5) is 0. The van der Waals surface area contributed by atoms with Gasteiger partial charge < -0.3 is 0 Å². The van der Waals surface area contributed by atoms with Crippen molar-refractivity contribution in [3.8, 4) is 0 Å². The quantitative estimate of drug-likeness (QED) is 0.613. The van der Waals surface area contributed by atoms with Crippen LogP contribution in [0.1, 0.15) is 19.5 Å². The molecule has 1 aromatic heterocycles. The Bertz CT molecular complexity index is 257. The Morgan fingerprint density at radius 3 is 2.82 bits per heavy atom. The lowest BCUT2D eigenvalue weighted by Gasteiger charge is -1.92. The molecule has 0 aromatic carbocycles. The molecule has 0 unspecified atom stereocenters. The molecule has 1 aromatic rings. The fourth-order valence-corrected chi connectivity index (χ4v) is 1.40. The number of hydrogen-bond donors (Lipinski definition) is 0. The highest BCUT2D eigenvalue weighted by Crippen LogP contribution is 2.14. The maximum Gasteiger partial charge on any atom is 0.0837 e. The Balaban J connectivity index is 2.89. The summed E-state index contributed by atoms with van der Waals surface area (Å²) < 4.78 is 4.23. The molecule has 1 nitrogen and oxygen atoms in total. The lowest BCUT2D eigenvalue weighted by Crippen LogP contribution is -1.77. The van der Waals surface area contributed by atoms with Gasteiger partial charge >= 0.3 is 0 Å². The largest absolute Gasteiger partial charge is 0.193 e. The van der Waals surface area contributed by atoms with E-state index in [1.54, 1.807) is 0 Å². The van der Waals surface area contributed by atoms with E-state index in [-0.39, 0.29) is 0 Å². The lowest BCUT2D eigenvalue weighted by atomic mass is 10.2. The summed E-state index contributed by atoms with van der Waals surface area (Å²) in [5.41, 5.74) is 2.25. The van der Waals surface area contributed by atoms with E-state index in [0.717, 1.165) is 5.69 Å². The summed E-state index contributed by atoms with van der Waals surface area (Å²) in [5, 5.41) is 1.99. The summed E-state index contributed by atoms with van der Waals surface area (Å²) in [5.74, 6) is 0. The van der Waals surface area contributed by atoms with Crippen molar-refractivity contribution in [1.29, 1.82) is 0 Å². The second kappa shape index (κ2) is 4.09. The SMILES string of the molecule is CC=CC(=CC)c1ccsn1. The van der Waals surface area contributed by atoms with Crippen molar-refractivity contribution in [2.45, 2.75) is 13.8 Å². The summed E-state index contributed by atoms with van der Waals surface area (Å²) in [6.45, 7) is 4.03. The molecule has 0 atom stereocenters. The van der Waals surface area contributed by atoms with Crippen LogP contribution in [0.25, 0.3) is 5.57 Å². The van der Waals surface area contributed by atoms with Crippen molar-refractivity contribution in [1.82, 2.24) is 4.37 Å². The van der Waals surface area contributed by atoms with Crippen LogP contribution >= 0.6 is 11.5 Å². The molecule has 0 radical (unpaired) electrons. The van der Waals surface area contributed by atoms with Crippen LogP contribution in [0.15, 0.2) is 29.7 Å². The van der Waals surface area contributed by atoms with E-state index >= 15 is 0 Å². The second-order valence-corrected chi connectivity index (χ2v) is 2.79. The monoisotopic (exact) mass is 165 g/mol. The molecule has 0 N–H and O–H groups in total. The molecule has 0 aliphatic rings. The van der Waals surface area contributed by atoms with Gasteiger partial charge in [-0.25, -0.2) is 0 Å². The number of hydrogen-bond acceptors (Lipinski definition) is 2. The Kier molecular flexibility index (Phi) is 3.05. The molecule has 11 heavy (non-hydrogen) atoms. The molecule has 58 valence electrons. The number of rotatable bonds is 2. The van der Waals surface area contributed by atoms with E-state index in [1.807, 2.05) is 31.4 Å². The third kappa shape index (κ3) is 2.02. The first-order valence-electron chi connectivity index (χ1n) is 3.58. The van der Waals surface area contributed by atoms with Crippen molar-refractivity contribution in [3.63, 3.8) is 0 Å². The van der Waals surface area contributed by atoms with Gasteiger partial charge in [-0.1, -0.05) is 18.2 Å². The predicted molar refractivity (Wildman–Crippen MR) is 50.6 cm³/mol. The Morgan fingerprint density at radius 2 is 2.36 bits per heavy atom. The molecule has 0 amide bonds. The highest BCUT2D eigenvalue weighted by atomic mass is 32.1. The maximum atomic E-state index is 4.23. The summed E-state index contributed by atoms with van der Waals surface area (Å²) >= 11 is 1.48. The van der Waals surface area contributed by atoms with Crippen molar-refractivity contribution in [3.05, 3.63) is 35.4 Å². The Hall–Kier alpha value is -0.890. The van der Waals surface area contributed by atoms with E-state index in [0.29, 0.717) is 0 Å². The average Bonchev–Trinajstić information content (AvgIpc) is 2.52. The first-order valence-corrected chi connectivity index (χ1v) is 4.42. The fraction of sp³-hybridized carbons (Fsp3) is 0.222. The Labute approximate surface area is 71.2 Å². The van der Waals surface area contributed by atoms with Gasteiger partial charge in [-0.3, -0.25) is 0 Å². The zero-order chi connectivity index (χ0) is 8.10. The van der Waals surface area contributed by atoms with Gasteiger partial charge in [-0.05, 0) is 37.0 Å². The van der Waals surface area contributed by atoms with Gasteiger partial charge in [0.2, 0.25) is 0 Å². The third-order valence-corrected chi connectivity index (χ3v) is 1.95. The van der Waals surface area contributed by atoms with Crippen LogP contribution in [0.2, 0.25) is 0 Å². The molecule has 1 rings (SSSR count). The zero-order valence-electron chi connectivity index (χ0n) is 6.74. The molecule has 0 aliphatic heterocycles. The first kappa shape index (κ1) is 8.21. The molecule has 0 aliphatic carbocycles. The number of allylic oxidation sites excluding steroid dienone is 4. The topological polar surface area (TPSA) is 12.9 Å². The highest BCUT2D eigenvalue weighted by Gasteiger charge is 1.96. The highest BCUT2D eigenvalue weighted by molar-refractivity contribution is 7.03. The fourth-order valence-electron chi connectivity index (χ4n) is 0.870. The first-order chi connectivity index (χ1) is 5.38. The zero-order valence-corrected chi connectivity index (χ0v) is 7.56. The normalized spacial score (nSPS) is 12.7. The standard InChI is InChI=1S/C9H11NS/c1-3-5-8(4-2)9-6-7-11-10-9/h3-7H,1-2H3. The van der Waals surface area contributed by atoms with Crippen molar-refractivity contribution < 1.29 is 0 Å². The van der Waals surface area contributed by atoms with Gasteiger partial charge in [-0.15, -0.1) is 0 Å². The summed E-state index contributed by atoms with van der Waals surface area (Å²) in [6.07, 6.45) is 6.15. The molecule has 0 saturated carbocycles. The van der Waals surface area contributed by atoms with Gasteiger partial charge in [0.05, 0.1) is 5.69 Å². The van der Waals surface area contributed by atoms with Gasteiger partial charge in [0.1, 0.15) is 0 Å². The molecule has 1 heterocycles. The smallest absolute Gasteiger partial charge is 0.0837 e. The lowest BCUT2D eigenvalue weighted by molar-refractivity contribution is 1.47. The van der Waals surface area contributed by atoms with E-state index in [4.69, 9.17) is 0 Å². The Morgan fingerprint density at radius 1 is 1.55 bits per heavy atom. The predicted octanol–water partition coefficient (Wildman–Crippen LogP) is 3.12. The van der Waals surface area contributed by atoms with Crippen LogP contribution in [0.4, 0.5) is 0 Å². The third-order valence-electron chi connectivity index (χ3n) is 1.39. The van der Waals surface area contributed by atoms with Gasteiger partial charge in [0.25, 0.3) is 0 Å². The molecular formula is C9H11NS. The van der Waals surface area contributed by atoms with Gasteiger partial charge in [0.15, 0.2) is 0 Å². The molecule has 0 fully saturated rings. The van der Waals surface area contributed by atoms with Gasteiger partial charge in [-0.2, -0.15) is 4.37 Å². The van der Waals surface area contributed by atoms with Crippen LogP contribution in [0.3, 0.4) is 0 Å². The molecule has 0 bridgehead atoms. The van der Waals surface area contributed by atoms with Crippen LogP contribution in [-0.2, 0) is 0 Å². The van der Waals surface area contributed by atoms with Crippen LogP contribution < -0.4 is 0 Å². The van der Waals surface area contributed by atoms with Crippen molar-refractivity contribution in [2.75, 3.05) is 0 Å². The minimum atomic E-state index is 1.07. The molecule has 2 heteroatoms. The van der Waals surface area contributed by atoms with Crippen LogP contribution in [0.5, 0.6) is 0 Å². The van der Waals surface area contributed by atoms with Crippen molar-refractivity contribution in [2.24, 2.45) is 0 Å². The van der Waals surface area contributed by atoms with Crippen molar-refractivity contribution >= 4 is 17.1 Å². The second-order valence-electron chi connectivity index (χ2n) is 2.13. The van der Waals surface area contributed by atoms with Crippen LogP contribution in [-0.4, -0.2) is 4.37 Å².